The molecule has 0 saturated heterocycles. The molecule has 0 N–H and O–H groups in total. The number of hydrogen-bond acceptors (Lipinski definition) is 8. The molecule has 1 aliphatic heterocycles. The highest BCUT2D eigenvalue weighted by Crippen LogP contribution is 2.31. The van der Waals surface area contributed by atoms with Crippen molar-refractivity contribution in [1.82, 2.24) is 4.57 Å². The van der Waals surface area contributed by atoms with E-state index in [2.05, 4.69) is 4.99 Å². The van der Waals surface area contributed by atoms with Crippen LogP contribution in [0.3, 0.4) is 0 Å². The number of nitrogens with zero attached hydrogens (tertiary/aromatic N) is 2. The van der Waals surface area contributed by atoms with E-state index in [1.807, 2.05) is 55.5 Å². The molecule has 222 valence electrons. The van der Waals surface area contributed by atoms with Gasteiger partial charge in [-0.2, -0.15) is 0 Å². The smallest absolute Gasteiger partial charge is 0.338 e. The zero-order chi connectivity index (χ0) is 30.5. The van der Waals surface area contributed by atoms with Crippen molar-refractivity contribution in [2.75, 3.05) is 26.9 Å². The highest BCUT2D eigenvalue weighted by atomic mass is 35.5. The molecule has 0 unspecified atom stereocenters. The molecule has 43 heavy (non-hydrogen) atoms. The molecule has 1 aromatic heterocycles. The molecule has 10 heteroatoms. The van der Waals surface area contributed by atoms with Crippen molar-refractivity contribution in [3.05, 3.63) is 119 Å². The summed E-state index contributed by atoms with van der Waals surface area (Å²) in [5.74, 6) is 1.54. The number of allylic oxidation sites excluding steroid dienone is 1. The Morgan fingerprint density at radius 2 is 1.70 bits per heavy atom. The Morgan fingerprint density at radius 1 is 1.00 bits per heavy atom. The molecule has 0 radical (unpaired) electrons. The Hall–Kier alpha value is -4.34. The van der Waals surface area contributed by atoms with E-state index < -0.39 is 12.0 Å². The number of thiazole rings is 1. The van der Waals surface area contributed by atoms with Crippen LogP contribution in [-0.2, 0) is 9.53 Å². The molecular weight excluding hydrogens is 588 g/mol. The van der Waals surface area contributed by atoms with Crippen LogP contribution in [-0.4, -0.2) is 37.5 Å². The second-order valence-electron chi connectivity index (χ2n) is 9.76. The predicted molar refractivity (Wildman–Crippen MR) is 167 cm³/mol. The van der Waals surface area contributed by atoms with Gasteiger partial charge in [0.25, 0.3) is 5.56 Å². The SMILES string of the molecule is CCOC(=O)C1=C(C)N=c2s/c(=C/c3cccc(OCCOc4ccc(Cl)c(C)c4)c3)c(=O)n2[C@H]1c1ccc(OC)cc1. The molecule has 1 atom stereocenters. The van der Waals surface area contributed by atoms with E-state index in [1.54, 1.807) is 49.8 Å². The maximum atomic E-state index is 13.9. The van der Waals surface area contributed by atoms with Crippen molar-refractivity contribution in [2.45, 2.75) is 26.8 Å². The van der Waals surface area contributed by atoms with Gasteiger partial charge in [-0.1, -0.05) is 47.2 Å². The molecule has 1 aliphatic rings. The fourth-order valence-corrected chi connectivity index (χ4v) is 5.93. The summed E-state index contributed by atoms with van der Waals surface area (Å²) in [6.45, 7) is 6.34. The van der Waals surface area contributed by atoms with E-state index in [4.69, 9.17) is 30.5 Å². The third kappa shape index (κ3) is 6.68. The summed E-state index contributed by atoms with van der Waals surface area (Å²) in [5.41, 5.74) is 3.07. The second-order valence-corrected chi connectivity index (χ2v) is 11.2. The van der Waals surface area contributed by atoms with Gasteiger partial charge in [0.05, 0.1) is 35.6 Å². The lowest BCUT2D eigenvalue weighted by Crippen LogP contribution is -2.39. The molecule has 2 heterocycles. The number of carbonyl (C=O) groups excluding carboxylic acids is 1. The van der Waals surface area contributed by atoms with Crippen LogP contribution in [0.2, 0.25) is 5.02 Å². The predicted octanol–water partition coefficient (Wildman–Crippen LogP) is 5.23. The summed E-state index contributed by atoms with van der Waals surface area (Å²) in [4.78, 5) is 32.1. The second kappa shape index (κ2) is 13.3. The monoisotopic (exact) mass is 618 g/mol. The number of hydrogen-bond donors (Lipinski definition) is 0. The van der Waals surface area contributed by atoms with Crippen LogP contribution >= 0.6 is 22.9 Å². The minimum Gasteiger partial charge on any atom is -0.497 e. The maximum Gasteiger partial charge on any atom is 0.338 e. The number of carbonyl (C=O) groups is 1. The van der Waals surface area contributed by atoms with Crippen molar-refractivity contribution >= 4 is 35.0 Å². The topological polar surface area (TPSA) is 88.4 Å². The van der Waals surface area contributed by atoms with Crippen LogP contribution < -0.4 is 29.1 Å². The third-order valence-electron chi connectivity index (χ3n) is 6.85. The molecule has 5 rings (SSSR count). The minimum absolute atomic E-state index is 0.209. The number of rotatable bonds is 10. The Bertz CT molecular complexity index is 1860. The quantitative estimate of drug-likeness (QED) is 0.179. The summed E-state index contributed by atoms with van der Waals surface area (Å²) in [7, 11) is 1.59. The number of aromatic nitrogens is 1. The molecule has 0 saturated carbocycles. The van der Waals surface area contributed by atoms with Crippen molar-refractivity contribution in [3.8, 4) is 17.2 Å². The van der Waals surface area contributed by atoms with Gasteiger partial charge in [0.2, 0.25) is 0 Å². The van der Waals surface area contributed by atoms with Gasteiger partial charge < -0.3 is 18.9 Å². The number of halogens is 1. The van der Waals surface area contributed by atoms with Gasteiger partial charge in [-0.05, 0) is 86.0 Å². The highest BCUT2D eigenvalue weighted by molar-refractivity contribution is 7.07. The van der Waals surface area contributed by atoms with Crippen molar-refractivity contribution in [1.29, 1.82) is 0 Å². The van der Waals surface area contributed by atoms with Crippen LogP contribution in [0.25, 0.3) is 6.08 Å². The van der Waals surface area contributed by atoms with Crippen LogP contribution in [0.15, 0.2) is 87.8 Å². The zero-order valence-corrected chi connectivity index (χ0v) is 25.8. The number of ether oxygens (including phenoxy) is 4. The largest absolute Gasteiger partial charge is 0.497 e. The van der Waals surface area contributed by atoms with Crippen LogP contribution in [0, 0.1) is 6.92 Å². The maximum absolute atomic E-state index is 13.9. The molecule has 3 aromatic carbocycles. The number of aryl methyl sites for hydroxylation is 1. The molecule has 4 aromatic rings. The Kier molecular flexibility index (Phi) is 9.33. The third-order valence-corrected chi connectivity index (χ3v) is 8.26. The highest BCUT2D eigenvalue weighted by Gasteiger charge is 2.33. The summed E-state index contributed by atoms with van der Waals surface area (Å²) in [5, 5.41) is 0.693. The standard InChI is InChI=1S/C33H31ClN2O6S/c1-5-40-32(38)29-21(3)35-33-36(30(29)23-9-11-24(39-4)12-10-23)31(37)28(43-33)19-22-7-6-8-25(18-22)41-15-16-42-26-13-14-27(34)20(2)17-26/h6-14,17-19,30H,5,15-16H2,1-4H3/b28-19+/t30-/m0/s1. The average Bonchev–Trinajstić information content (AvgIpc) is 3.30. The van der Waals surface area contributed by atoms with Crippen molar-refractivity contribution < 1.29 is 23.7 Å². The van der Waals surface area contributed by atoms with Crippen molar-refractivity contribution in [3.63, 3.8) is 0 Å². The first-order valence-electron chi connectivity index (χ1n) is 13.7. The van der Waals surface area contributed by atoms with Crippen molar-refractivity contribution in [2.24, 2.45) is 4.99 Å². The lowest BCUT2D eigenvalue weighted by atomic mass is 9.96. The van der Waals surface area contributed by atoms with Gasteiger partial charge in [-0.25, -0.2) is 9.79 Å². The number of esters is 1. The van der Waals surface area contributed by atoms with Gasteiger partial charge in [-0.3, -0.25) is 9.36 Å². The first-order chi connectivity index (χ1) is 20.8. The fraction of sp³-hybridized carbons (Fsp3) is 0.242. The summed E-state index contributed by atoms with van der Waals surface area (Å²) < 4.78 is 24.4. The average molecular weight is 619 g/mol. The number of benzene rings is 3. The summed E-state index contributed by atoms with van der Waals surface area (Å²) in [6.07, 6.45) is 1.80. The minimum atomic E-state index is -0.692. The molecule has 8 nitrogen and oxygen atoms in total. The summed E-state index contributed by atoms with van der Waals surface area (Å²) >= 11 is 7.35. The lowest BCUT2D eigenvalue weighted by Gasteiger charge is -2.24. The molecule has 0 aliphatic carbocycles. The first kappa shape index (κ1) is 30.1. The number of methoxy groups -OCH3 is 1. The molecule has 0 spiro atoms. The van der Waals surface area contributed by atoms with Gasteiger partial charge in [0, 0.05) is 5.02 Å². The lowest BCUT2D eigenvalue weighted by molar-refractivity contribution is -0.139. The normalized spacial score (nSPS) is 14.6. The molecule has 0 amide bonds. The van der Waals surface area contributed by atoms with E-state index in [-0.39, 0.29) is 12.2 Å². The van der Waals surface area contributed by atoms with Crippen LogP contribution in [0.5, 0.6) is 17.2 Å². The molecule has 0 fully saturated rings. The Morgan fingerprint density at radius 3 is 2.37 bits per heavy atom. The first-order valence-corrected chi connectivity index (χ1v) is 14.9. The fourth-order valence-electron chi connectivity index (χ4n) is 4.76. The van der Waals surface area contributed by atoms with Crippen LogP contribution in [0.1, 0.15) is 36.6 Å². The van der Waals surface area contributed by atoms with E-state index in [0.29, 0.717) is 50.3 Å². The van der Waals surface area contributed by atoms with Gasteiger partial charge in [0.1, 0.15) is 30.5 Å². The van der Waals surface area contributed by atoms with E-state index >= 15 is 0 Å². The Balaban J connectivity index is 1.42. The van der Waals surface area contributed by atoms with E-state index in [9.17, 15) is 9.59 Å². The molecule has 0 bridgehead atoms. The van der Waals surface area contributed by atoms with E-state index in [1.165, 1.54) is 11.3 Å². The zero-order valence-electron chi connectivity index (χ0n) is 24.3. The van der Waals surface area contributed by atoms with Crippen LogP contribution in [0.4, 0.5) is 0 Å². The molecular formula is C33H31ClN2O6S. The van der Waals surface area contributed by atoms with Gasteiger partial charge >= 0.3 is 5.97 Å². The number of fused-ring (bicyclic) bond motifs is 1. The van der Waals surface area contributed by atoms with E-state index in [0.717, 1.165) is 22.4 Å². The summed E-state index contributed by atoms with van der Waals surface area (Å²) in [6, 6.07) is 19.6. The Labute approximate surface area is 258 Å². The van der Waals surface area contributed by atoms with Gasteiger partial charge in [-0.15, -0.1) is 0 Å². The van der Waals surface area contributed by atoms with Gasteiger partial charge in [0.15, 0.2) is 4.80 Å².